The second-order valence-electron chi connectivity index (χ2n) is 4.32. The molecular weight excluding hydrogens is 278 g/mol. The van der Waals surface area contributed by atoms with E-state index in [-0.39, 0.29) is 12.1 Å². The van der Waals surface area contributed by atoms with E-state index in [1.807, 2.05) is 11.9 Å². The average Bonchev–Trinajstić information content (AvgIpc) is 2.88. The molecule has 2 rings (SSSR count). The van der Waals surface area contributed by atoms with Crippen LogP contribution in [0.5, 0.6) is 0 Å². The Kier molecular flexibility index (Phi) is 4.64. The smallest absolute Gasteiger partial charge is 0.269 e. The third-order valence-corrected chi connectivity index (χ3v) is 3.54. The van der Waals surface area contributed by atoms with Gasteiger partial charge in [-0.2, -0.15) is 5.10 Å². The molecular formula is C11H17N7OS. The Morgan fingerprint density at radius 1 is 1.55 bits per heavy atom. The molecule has 0 spiro atoms. The van der Waals surface area contributed by atoms with Crippen molar-refractivity contribution in [3.8, 4) is 0 Å². The fraction of sp³-hybridized carbons (Fsp3) is 0.455. The lowest BCUT2D eigenvalue weighted by Crippen LogP contribution is -2.26. The van der Waals surface area contributed by atoms with Crippen molar-refractivity contribution in [3.63, 3.8) is 0 Å². The molecule has 8 nitrogen and oxygen atoms in total. The van der Waals surface area contributed by atoms with Gasteiger partial charge in [0, 0.05) is 31.2 Å². The van der Waals surface area contributed by atoms with E-state index in [4.69, 9.17) is 5.84 Å². The molecule has 0 unspecified atom stereocenters. The molecule has 0 bridgehead atoms. The number of hydrogen-bond donors (Lipinski definition) is 2. The Hall–Kier alpha value is -2.00. The molecule has 0 aliphatic rings. The largest absolute Gasteiger partial charge is 0.373 e. The average molecular weight is 295 g/mol. The van der Waals surface area contributed by atoms with Crippen LogP contribution in [-0.4, -0.2) is 33.0 Å². The van der Waals surface area contributed by atoms with Crippen molar-refractivity contribution < 1.29 is 0 Å². The summed E-state index contributed by atoms with van der Waals surface area (Å²) in [5.74, 6) is 5.35. The molecule has 108 valence electrons. The Morgan fingerprint density at radius 3 is 3.00 bits per heavy atom. The summed E-state index contributed by atoms with van der Waals surface area (Å²) in [6.07, 6.45) is 2.68. The summed E-state index contributed by atoms with van der Waals surface area (Å²) in [7, 11) is 1.94. The van der Waals surface area contributed by atoms with Crippen molar-refractivity contribution in [2.45, 2.75) is 19.9 Å². The quantitative estimate of drug-likeness (QED) is 0.582. The maximum atomic E-state index is 12.1. The molecule has 0 aliphatic carbocycles. The molecule has 2 aromatic heterocycles. The molecule has 0 aliphatic heterocycles. The summed E-state index contributed by atoms with van der Waals surface area (Å²) in [5, 5.41) is 8.72. The lowest BCUT2D eigenvalue weighted by molar-refractivity contribution is 0.625. The van der Waals surface area contributed by atoms with E-state index in [1.54, 1.807) is 12.3 Å². The van der Waals surface area contributed by atoms with Crippen molar-refractivity contribution >= 4 is 22.2 Å². The van der Waals surface area contributed by atoms with Crippen LogP contribution in [-0.2, 0) is 6.54 Å². The van der Waals surface area contributed by atoms with Gasteiger partial charge in [0.15, 0.2) is 0 Å². The topological polar surface area (TPSA) is 102 Å². The van der Waals surface area contributed by atoms with Crippen LogP contribution in [0.1, 0.15) is 19.0 Å². The number of nitrogen functional groups attached to an aromatic ring is 1. The zero-order valence-corrected chi connectivity index (χ0v) is 12.2. The first kappa shape index (κ1) is 14.4. The number of hydrogen-bond acceptors (Lipinski definition) is 8. The number of nitrogens with zero attached hydrogens (tertiary/aromatic N) is 5. The van der Waals surface area contributed by atoms with Gasteiger partial charge in [-0.15, -0.1) is 5.10 Å². The second-order valence-corrected chi connectivity index (χ2v) is 5.08. The normalized spacial score (nSPS) is 10.6. The van der Waals surface area contributed by atoms with Crippen LogP contribution in [0, 0.1) is 0 Å². The van der Waals surface area contributed by atoms with Crippen LogP contribution in [0.3, 0.4) is 0 Å². The molecule has 9 heteroatoms. The van der Waals surface area contributed by atoms with Crippen LogP contribution < -0.4 is 21.7 Å². The molecule has 0 radical (unpaired) electrons. The third-order valence-electron chi connectivity index (χ3n) is 2.84. The molecule has 0 saturated carbocycles. The van der Waals surface area contributed by atoms with Crippen molar-refractivity contribution in [2.75, 3.05) is 23.9 Å². The summed E-state index contributed by atoms with van der Waals surface area (Å²) in [6, 6.07) is 1.57. The number of anilines is 2. The monoisotopic (exact) mass is 295 g/mol. The molecule has 2 aromatic rings. The zero-order valence-electron chi connectivity index (χ0n) is 11.4. The first-order valence-corrected chi connectivity index (χ1v) is 6.99. The molecule has 0 amide bonds. The fourth-order valence-corrected chi connectivity index (χ4v) is 2.26. The number of aromatic nitrogens is 4. The van der Waals surface area contributed by atoms with Gasteiger partial charge in [0.25, 0.3) is 5.56 Å². The second kappa shape index (κ2) is 6.44. The van der Waals surface area contributed by atoms with E-state index in [0.717, 1.165) is 30.2 Å². The summed E-state index contributed by atoms with van der Waals surface area (Å²) in [4.78, 5) is 14.0. The first-order valence-electron chi connectivity index (χ1n) is 6.21. The predicted octanol–water partition coefficient (Wildman–Crippen LogP) is 0.275. The predicted molar refractivity (Wildman–Crippen MR) is 78.9 cm³/mol. The van der Waals surface area contributed by atoms with E-state index in [1.165, 1.54) is 4.68 Å². The number of nitrogens with one attached hydrogen (secondary N) is 1. The first-order chi connectivity index (χ1) is 9.65. The van der Waals surface area contributed by atoms with Gasteiger partial charge in [-0.25, -0.2) is 10.5 Å². The van der Waals surface area contributed by atoms with Gasteiger partial charge in [-0.05, 0) is 6.42 Å². The standard InChI is InChI=1S/C11H17N7OS/c1-3-4-17(2)8-5-10(19)18(13-6-8)7-9-11(14-12)20-16-15-9/h5-6,14H,3-4,7,12H2,1-2H3. The molecule has 2 heterocycles. The Bertz CT molecular complexity index is 623. The van der Waals surface area contributed by atoms with Crippen molar-refractivity contribution in [1.82, 2.24) is 19.4 Å². The Morgan fingerprint density at radius 2 is 2.35 bits per heavy atom. The maximum absolute atomic E-state index is 12.1. The molecule has 3 N–H and O–H groups in total. The third kappa shape index (κ3) is 3.11. The van der Waals surface area contributed by atoms with Gasteiger partial charge in [-0.3, -0.25) is 4.79 Å². The lowest BCUT2D eigenvalue weighted by Gasteiger charge is -2.17. The summed E-state index contributed by atoms with van der Waals surface area (Å²) >= 11 is 1.14. The van der Waals surface area contributed by atoms with Crippen molar-refractivity contribution in [3.05, 3.63) is 28.3 Å². The highest BCUT2D eigenvalue weighted by atomic mass is 32.1. The zero-order chi connectivity index (χ0) is 14.5. The van der Waals surface area contributed by atoms with Crippen molar-refractivity contribution in [1.29, 1.82) is 0 Å². The highest BCUT2D eigenvalue weighted by Gasteiger charge is 2.10. The van der Waals surface area contributed by atoms with Gasteiger partial charge in [0.05, 0.1) is 18.4 Å². The van der Waals surface area contributed by atoms with Crippen LogP contribution in [0.2, 0.25) is 0 Å². The van der Waals surface area contributed by atoms with Crippen molar-refractivity contribution in [2.24, 2.45) is 5.84 Å². The Labute approximate surface area is 120 Å². The van der Waals surface area contributed by atoms with Gasteiger partial charge in [0.2, 0.25) is 0 Å². The van der Waals surface area contributed by atoms with Crippen LogP contribution >= 0.6 is 11.5 Å². The van der Waals surface area contributed by atoms with E-state index in [0.29, 0.717) is 10.7 Å². The molecule has 0 fully saturated rings. The van der Waals surface area contributed by atoms with Gasteiger partial charge in [0.1, 0.15) is 10.7 Å². The summed E-state index contributed by atoms with van der Waals surface area (Å²) < 4.78 is 5.12. The van der Waals surface area contributed by atoms with E-state index in [2.05, 4.69) is 27.0 Å². The fourth-order valence-electron chi connectivity index (χ4n) is 1.78. The van der Waals surface area contributed by atoms with E-state index < -0.39 is 0 Å². The van der Waals surface area contributed by atoms with Crippen LogP contribution in [0.15, 0.2) is 17.1 Å². The molecule has 0 aromatic carbocycles. The highest BCUT2D eigenvalue weighted by Crippen LogP contribution is 2.16. The van der Waals surface area contributed by atoms with Gasteiger partial charge < -0.3 is 10.3 Å². The van der Waals surface area contributed by atoms with E-state index in [9.17, 15) is 4.79 Å². The van der Waals surface area contributed by atoms with Gasteiger partial charge >= 0.3 is 0 Å². The molecule has 20 heavy (non-hydrogen) atoms. The summed E-state index contributed by atoms with van der Waals surface area (Å²) in [5.41, 5.74) is 3.73. The van der Waals surface area contributed by atoms with Crippen LogP contribution in [0.4, 0.5) is 10.7 Å². The summed E-state index contributed by atoms with van der Waals surface area (Å²) in [6.45, 7) is 3.21. The SMILES string of the molecule is CCCN(C)c1cnn(Cc2nnsc2NN)c(=O)c1. The maximum Gasteiger partial charge on any atom is 0.269 e. The number of hydrazine groups is 1. The highest BCUT2D eigenvalue weighted by molar-refractivity contribution is 7.10. The molecule has 0 saturated heterocycles. The lowest BCUT2D eigenvalue weighted by atomic mass is 10.3. The Balaban J connectivity index is 2.20. The van der Waals surface area contributed by atoms with E-state index >= 15 is 0 Å². The number of nitrogens with two attached hydrogens (primary N) is 1. The molecule has 0 atom stereocenters. The minimum absolute atomic E-state index is 0.179. The van der Waals surface area contributed by atoms with Gasteiger partial charge in [-0.1, -0.05) is 11.4 Å². The number of rotatable bonds is 6. The van der Waals surface area contributed by atoms with Crippen LogP contribution in [0.25, 0.3) is 0 Å². The minimum atomic E-state index is -0.179. The minimum Gasteiger partial charge on any atom is -0.373 e.